The van der Waals surface area contributed by atoms with Gasteiger partial charge in [0.2, 0.25) is 5.91 Å². The third-order valence-electron chi connectivity index (χ3n) is 3.58. The monoisotopic (exact) mass is 402 g/mol. The van der Waals surface area contributed by atoms with Gasteiger partial charge in [0.05, 0.1) is 15.6 Å². The van der Waals surface area contributed by atoms with Gasteiger partial charge in [-0.1, -0.05) is 11.6 Å². The minimum absolute atomic E-state index is 0.0119. The average molecular weight is 403 g/mol. The molecular formula is C17H11ClF4N2OS. The summed E-state index contributed by atoms with van der Waals surface area (Å²) in [6, 6.07) is 8.10. The zero-order valence-electron chi connectivity index (χ0n) is 13.0. The molecular weight excluding hydrogens is 392 g/mol. The summed E-state index contributed by atoms with van der Waals surface area (Å²) in [5.41, 5.74) is -0.354. The van der Waals surface area contributed by atoms with E-state index in [-0.39, 0.29) is 11.5 Å². The molecule has 26 heavy (non-hydrogen) atoms. The first-order valence-corrected chi connectivity index (χ1v) is 8.74. The quantitative estimate of drug-likeness (QED) is 0.734. The van der Waals surface area contributed by atoms with Gasteiger partial charge in [-0.05, 0) is 42.5 Å². The van der Waals surface area contributed by atoms with Gasteiger partial charge < -0.3 is 5.32 Å². The Morgan fingerprint density at radius 1 is 1.19 bits per heavy atom. The number of carbonyl (C=O) groups is 1. The van der Waals surface area contributed by atoms with E-state index in [0.717, 1.165) is 12.1 Å². The van der Waals surface area contributed by atoms with Crippen molar-refractivity contribution in [2.24, 2.45) is 4.99 Å². The molecule has 0 radical (unpaired) electrons. The van der Waals surface area contributed by atoms with E-state index < -0.39 is 28.7 Å². The highest BCUT2D eigenvalue weighted by atomic mass is 35.5. The number of nitrogens with one attached hydrogen (secondary N) is 1. The van der Waals surface area contributed by atoms with Gasteiger partial charge in [0, 0.05) is 17.0 Å². The lowest BCUT2D eigenvalue weighted by Gasteiger charge is -2.12. The minimum Gasteiger partial charge on any atom is -0.324 e. The van der Waals surface area contributed by atoms with Crippen molar-refractivity contribution in [1.82, 2.24) is 0 Å². The highest BCUT2D eigenvalue weighted by Crippen LogP contribution is 2.36. The predicted molar refractivity (Wildman–Crippen MR) is 94.3 cm³/mol. The Morgan fingerprint density at radius 2 is 1.88 bits per heavy atom. The summed E-state index contributed by atoms with van der Waals surface area (Å²) < 4.78 is 51.6. The van der Waals surface area contributed by atoms with E-state index in [9.17, 15) is 22.4 Å². The molecule has 0 saturated heterocycles. The topological polar surface area (TPSA) is 41.5 Å². The highest BCUT2D eigenvalue weighted by molar-refractivity contribution is 8.14. The molecule has 0 saturated carbocycles. The molecule has 0 bridgehead atoms. The third-order valence-corrected chi connectivity index (χ3v) is 5.01. The molecule has 2 aromatic rings. The van der Waals surface area contributed by atoms with Crippen molar-refractivity contribution in [3.8, 4) is 0 Å². The van der Waals surface area contributed by atoms with Crippen LogP contribution in [-0.4, -0.2) is 22.7 Å². The van der Waals surface area contributed by atoms with Gasteiger partial charge in [-0.15, -0.1) is 11.8 Å². The molecule has 0 fully saturated rings. The van der Waals surface area contributed by atoms with Gasteiger partial charge in [-0.25, -0.2) is 4.39 Å². The van der Waals surface area contributed by atoms with E-state index in [1.807, 2.05) is 0 Å². The standard InChI is InChI=1S/C17H11ClF4N2OS/c18-13-6-5-11(7-12(13)17(20,21)22)23-15(25)14-8-26-16(24-14)9-1-3-10(19)4-2-9/h1-7,14H,8H2,(H,23,25). The van der Waals surface area contributed by atoms with Crippen molar-refractivity contribution >= 4 is 40.0 Å². The summed E-state index contributed by atoms with van der Waals surface area (Å²) in [6.45, 7) is 0. The van der Waals surface area contributed by atoms with Crippen molar-refractivity contribution in [1.29, 1.82) is 0 Å². The molecule has 3 rings (SSSR count). The maximum Gasteiger partial charge on any atom is 0.417 e. The van der Waals surface area contributed by atoms with Gasteiger partial charge in [0.1, 0.15) is 11.9 Å². The van der Waals surface area contributed by atoms with Crippen LogP contribution in [0, 0.1) is 5.82 Å². The zero-order chi connectivity index (χ0) is 18.9. The van der Waals surface area contributed by atoms with Crippen molar-refractivity contribution in [2.45, 2.75) is 12.2 Å². The van der Waals surface area contributed by atoms with E-state index in [4.69, 9.17) is 11.6 Å². The molecule has 1 unspecified atom stereocenters. The van der Waals surface area contributed by atoms with Crippen LogP contribution in [0.25, 0.3) is 0 Å². The van der Waals surface area contributed by atoms with E-state index >= 15 is 0 Å². The number of aliphatic imine (C=N–C) groups is 1. The number of benzene rings is 2. The van der Waals surface area contributed by atoms with E-state index in [0.29, 0.717) is 16.4 Å². The fraction of sp³-hybridized carbons (Fsp3) is 0.176. The van der Waals surface area contributed by atoms with Crippen LogP contribution in [-0.2, 0) is 11.0 Å². The fourth-order valence-electron chi connectivity index (χ4n) is 2.30. The Labute approximate surface area is 155 Å². The highest BCUT2D eigenvalue weighted by Gasteiger charge is 2.34. The number of rotatable bonds is 3. The predicted octanol–water partition coefficient (Wildman–Crippen LogP) is 5.00. The third kappa shape index (κ3) is 4.19. The first-order valence-electron chi connectivity index (χ1n) is 7.38. The molecule has 1 aliphatic heterocycles. The van der Waals surface area contributed by atoms with Gasteiger partial charge in [0.25, 0.3) is 0 Å². The van der Waals surface area contributed by atoms with Crippen molar-refractivity contribution in [3.63, 3.8) is 0 Å². The molecule has 1 aliphatic rings. The van der Waals surface area contributed by atoms with Crippen LogP contribution in [0.15, 0.2) is 47.5 Å². The van der Waals surface area contributed by atoms with Gasteiger partial charge >= 0.3 is 6.18 Å². The van der Waals surface area contributed by atoms with Gasteiger partial charge in [0.15, 0.2) is 0 Å². The summed E-state index contributed by atoms with van der Waals surface area (Å²) in [4.78, 5) is 16.6. The van der Waals surface area contributed by atoms with Crippen LogP contribution in [0.1, 0.15) is 11.1 Å². The summed E-state index contributed by atoms with van der Waals surface area (Å²) in [5.74, 6) is -0.557. The number of amides is 1. The van der Waals surface area contributed by atoms with Crippen LogP contribution in [0.2, 0.25) is 5.02 Å². The van der Waals surface area contributed by atoms with E-state index in [1.54, 1.807) is 12.1 Å². The molecule has 0 aromatic heterocycles. The molecule has 136 valence electrons. The molecule has 0 spiro atoms. The van der Waals surface area contributed by atoms with Crippen molar-refractivity contribution < 1.29 is 22.4 Å². The lowest BCUT2D eigenvalue weighted by atomic mass is 10.2. The SMILES string of the molecule is O=C(Nc1ccc(Cl)c(C(F)(F)F)c1)C1CSC(c2ccc(F)cc2)=N1. The average Bonchev–Trinajstić information content (AvgIpc) is 3.06. The molecule has 0 aliphatic carbocycles. The smallest absolute Gasteiger partial charge is 0.324 e. The zero-order valence-corrected chi connectivity index (χ0v) is 14.6. The molecule has 1 N–H and O–H groups in total. The summed E-state index contributed by atoms with van der Waals surface area (Å²) in [7, 11) is 0. The van der Waals surface area contributed by atoms with Gasteiger partial charge in [-0.2, -0.15) is 13.2 Å². The maximum atomic E-state index is 13.0. The van der Waals surface area contributed by atoms with E-state index in [2.05, 4.69) is 10.3 Å². The number of anilines is 1. The molecule has 1 atom stereocenters. The van der Waals surface area contributed by atoms with Gasteiger partial charge in [-0.3, -0.25) is 9.79 Å². The largest absolute Gasteiger partial charge is 0.417 e. The number of nitrogens with zero attached hydrogens (tertiary/aromatic N) is 1. The first kappa shape index (κ1) is 18.7. The number of alkyl halides is 3. The Hall–Kier alpha value is -2.06. The van der Waals surface area contributed by atoms with Crippen LogP contribution in [0.5, 0.6) is 0 Å². The number of thioether (sulfide) groups is 1. The maximum absolute atomic E-state index is 13.0. The molecule has 9 heteroatoms. The minimum atomic E-state index is -4.62. The molecule has 3 nitrogen and oxygen atoms in total. The van der Waals surface area contributed by atoms with Crippen LogP contribution in [0.3, 0.4) is 0 Å². The van der Waals surface area contributed by atoms with Crippen LogP contribution in [0.4, 0.5) is 23.2 Å². The summed E-state index contributed by atoms with van der Waals surface area (Å²) in [5, 5.41) is 2.57. The van der Waals surface area contributed by atoms with Crippen LogP contribution < -0.4 is 5.32 Å². The normalized spacial score (nSPS) is 17.1. The number of carbonyl (C=O) groups excluding carboxylic acids is 1. The Morgan fingerprint density at radius 3 is 2.54 bits per heavy atom. The summed E-state index contributed by atoms with van der Waals surface area (Å²) in [6.07, 6.45) is -4.62. The fourth-order valence-corrected chi connectivity index (χ4v) is 3.58. The van der Waals surface area contributed by atoms with Crippen LogP contribution >= 0.6 is 23.4 Å². The van der Waals surface area contributed by atoms with Crippen molar-refractivity contribution in [2.75, 3.05) is 11.1 Å². The molecule has 1 heterocycles. The number of halogens is 5. The molecule has 2 aromatic carbocycles. The lowest BCUT2D eigenvalue weighted by molar-refractivity contribution is -0.137. The second-order valence-electron chi connectivity index (χ2n) is 5.45. The Bertz CT molecular complexity index is 868. The lowest BCUT2D eigenvalue weighted by Crippen LogP contribution is -2.26. The summed E-state index contributed by atoms with van der Waals surface area (Å²) >= 11 is 6.88. The second-order valence-corrected chi connectivity index (χ2v) is 6.87. The molecule has 1 amide bonds. The Balaban J connectivity index is 1.74. The first-order chi connectivity index (χ1) is 12.2. The number of hydrogen-bond donors (Lipinski definition) is 1. The Kier molecular flexibility index (Phi) is 5.24. The second kappa shape index (κ2) is 7.28. The van der Waals surface area contributed by atoms with Crippen molar-refractivity contribution in [3.05, 3.63) is 64.4 Å². The van der Waals surface area contributed by atoms with E-state index in [1.165, 1.54) is 30.0 Å². The number of hydrogen-bond acceptors (Lipinski definition) is 3.